The number of nitrogens with one attached hydrogen (secondary N) is 1. The van der Waals surface area contributed by atoms with E-state index in [0.717, 1.165) is 35.2 Å². The first-order chi connectivity index (χ1) is 11.1. The largest absolute Gasteiger partial charge is 0.305 e. The Labute approximate surface area is 140 Å². The summed E-state index contributed by atoms with van der Waals surface area (Å²) in [5, 5.41) is 1.03. The van der Waals surface area contributed by atoms with Crippen molar-refractivity contribution >= 4 is 44.3 Å². The molecule has 1 aliphatic rings. The fraction of sp³-hybridized carbons (Fsp3) is 0.176. The number of thiophene rings is 1. The molecule has 0 spiro atoms. The SMILES string of the molecule is O=c1[nH]c(/C(Cl)=C/c2ccc(F)cc2)nc2sc3c(c12)CCC3. The molecule has 0 saturated heterocycles. The standard InChI is InChI=1S/C17H12ClFN2OS/c18-12(8-9-4-6-10(19)7-5-9)15-20-16(22)14-11-2-1-3-13(11)23-17(14)21-15/h4-8H,1-3H2,(H,20,21,22)/b12-8-. The molecule has 0 bridgehead atoms. The summed E-state index contributed by atoms with van der Waals surface area (Å²) in [7, 11) is 0. The number of aromatic nitrogens is 2. The lowest BCUT2D eigenvalue weighted by molar-refractivity contribution is 0.628. The van der Waals surface area contributed by atoms with Crippen molar-refractivity contribution in [2.24, 2.45) is 0 Å². The fourth-order valence-electron chi connectivity index (χ4n) is 2.89. The van der Waals surface area contributed by atoms with Gasteiger partial charge in [0.25, 0.3) is 5.56 Å². The van der Waals surface area contributed by atoms with E-state index >= 15 is 0 Å². The summed E-state index contributed by atoms with van der Waals surface area (Å²) >= 11 is 7.86. The molecule has 23 heavy (non-hydrogen) atoms. The van der Waals surface area contributed by atoms with Crippen LogP contribution >= 0.6 is 22.9 Å². The number of H-pyrrole nitrogens is 1. The second kappa shape index (κ2) is 5.58. The van der Waals surface area contributed by atoms with Crippen molar-refractivity contribution in [1.29, 1.82) is 0 Å². The molecular formula is C17H12ClFN2OS. The van der Waals surface area contributed by atoms with Gasteiger partial charge in [0, 0.05) is 4.88 Å². The second-order valence-corrected chi connectivity index (χ2v) is 6.99. The van der Waals surface area contributed by atoms with E-state index in [4.69, 9.17) is 11.6 Å². The molecule has 1 N–H and O–H groups in total. The van der Waals surface area contributed by atoms with E-state index in [0.29, 0.717) is 16.2 Å². The number of halogens is 2. The van der Waals surface area contributed by atoms with Gasteiger partial charge in [-0.3, -0.25) is 4.79 Å². The Bertz CT molecular complexity index is 988. The van der Waals surface area contributed by atoms with Gasteiger partial charge in [-0.2, -0.15) is 0 Å². The van der Waals surface area contributed by atoms with Gasteiger partial charge in [-0.05, 0) is 48.6 Å². The van der Waals surface area contributed by atoms with Gasteiger partial charge in [0.1, 0.15) is 10.6 Å². The summed E-state index contributed by atoms with van der Waals surface area (Å²) in [6.07, 6.45) is 4.72. The van der Waals surface area contributed by atoms with Gasteiger partial charge in [-0.1, -0.05) is 23.7 Å². The van der Waals surface area contributed by atoms with Crippen molar-refractivity contribution in [1.82, 2.24) is 9.97 Å². The molecule has 2 aromatic heterocycles. The van der Waals surface area contributed by atoms with Crippen LogP contribution in [0.5, 0.6) is 0 Å². The monoisotopic (exact) mass is 346 g/mol. The maximum atomic E-state index is 12.9. The molecule has 3 aromatic rings. The maximum absolute atomic E-state index is 12.9. The number of aryl methyl sites for hydroxylation is 2. The molecule has 3 nitrogen and oxygen atoms in total. The van der Waals surface area contributed by atoms with Crippen molar-refractivity contribution in [3.63, 3.8) is 0 Å². The molecule has 0 amide bonds. The summed E-state index contributed by atoms with van der Waals surface area (Å²) in [6, 6.07) is 5.96. The summed E-state index contributed by atoms with van der Waals surface area (Å²) in [5.74, 6) is 0.0349. The van der Waals surface area contributed by atoms with Crippen LogP contribution in [-0.2, 0) is 12.8 Å². The van der Waals surface area contributed by atoms with E-state index < -0.39 is 0 Å². The van der Waals surface area contributed by atoms with Crippen LogP contribution in [0.2, 0.25) is 0 Å². The van der Waals surface area contributed by atoms with Gasteiger partial charge in [0.05, 0.1) is 10.4 Å². The molecule has 116 valence electrons. The smallest absolute Gasteiger partial charge is 0.260 e. The number of aromatic amines is 1. The third-order valence-corrected chi connectivity index (χ3v) is 5.44. The lowest BCUT2D eigenvalue weighted by atomic mass is 10.2. The molecule has 0 fully saturated rings. The van der Waals surface area contributed by atoms with Gasteiger partial charge < -0.3 is 4.98 Å². The highest BCUT2D eigenvalue weighted by Gasteiger charge is 2.21. The van der Waals surface area contributed by atoms with Crippen LogP contribution in [0.1, 0.15) is 28.2 Å². The second-order valence-electron chi connectivity index (χ2n) is 5.50. The van der Waals surface area contributed by atoms with Crippen LogP contribution in [0.3, 0.4) is 0 Å². The number of rotatable bonds is 2. The first-order valence-electron chi connectivity index (χ1n) is 7.29. The summed E-state index contributed by atoms with van der Waals surface area (Å²) in [5.41, 5.74) is 1.74. The molecule has 1 aromatic carbocycles. The Morgan fingerprint density at radius 1 is 1.30 bits per heavy atom. The minimum absolute atomic E-state index is 0.143. The predicted molar refractivity (Wildman–Crippen MR) is 92.4 cm³/mol. The average molecular weight is 347 g/mol. The van der Waals surface area contributed by atoms with Gasteiger partial charge in [-0.15, -0.1) is 11.3 Å². The first-order valence-corrected chi connectivity index (χ1v) is 8.49. The molecular weight excluding hydrogens is 335 g/mol. The lowest BCUT2D eigenvalue weighted by Gasteiger charge is -2.01. The Morgan fingerprint density at radius 2 is 2.09 bits per heavy atom. The number of hydrogen-bond acceptors (Lipinski definition) is 3. The third-order valence-electron chi connectivity index (χ3n) is 3.96. The molecule has 0 aliphatic heterocycles. The topological polar surface area (TPSA) is 45.8 Å². The first kappa shape index (κ1) is 14.6. The Balaban J connectivity index is 1.80. The minimum Gasteiger partial charge on any atom is -0.305 e. The molecule has 1 aliphatic carbocycles. The maximum Gasteiger partial charge on any atom is 0.260 e. The summed E-state index contributed by atoms with van der Waals surface area (Å²) in [6.45, 7) is 0. The Hall–Kier alpha value is -1.98. The van der Waals surface area contributed by atoms with E-state index in [9.17, 15) is 9.18 Å². The van der Waals surface area contributed by atoms with Crippen LogP contribution in [0.4, 0.5) is 4.39 Å². The number of hydrogen-bond donors (Lipinski definition) is 1. The molecule has 2 heterocycles. The third kappa shape index (κ3) is 2.60. The fourth-order valence-corrected chi connectivity index (χ4v) is 4.37. The highest BCUT2D eigenvalue weighted by atomic mass is 35.5. The number of fused-ring (bicyclic) bond motifs is 3. The average Bonchev–Trinajstić information content (AvgIpc) is 3.09. The van der Waals surface area contributed by atoms with Gasteiger partial charge in [0.2, 0.25) is 0 Å². The van der Waals surface area contributed by atoms with E-state index in [-0.39, 0.29) is 11.4 Å². The number of nitrogens with zero attached hydrogens (tertiary/aromatic N) is 1. The summed E-state index contributed by atoms with van der Waals surface area (Å²) in [4.78, 5) is 21.7. The van der Waals surface area contributed by atoms with Crippen molar-refractivity contribution in [2.75, 3.05) is 0 Å². The van der Waals surface area contributed by atoms with E-state index in [1.807, 2.05) is 0 Å². The highest BCUT2D eigenvalue weighted by Crippen LogP contribution is 2.35. The highest BCUT2D eigenvalue weighted by molar-refractivity contribution is 7.18. The Morgan fingerprint density at radius 3 is 2.87 bits per heavy atom. The van der Waals surface area contributed by atoms with Crippen LogP contribution < -0.4 is 5.56 Å². The van der Waals surface area contributed by atoms with Crippen LogP contribution in [-0.4, -0.2) is 9.97 Å². The molecule has 0 radical (unpaired) electrons. The Kier molecular flexibility index (Phi) is 3.54. The van der Waals surface area contributed by atoms with Crippen molar-refractivity contribution in [3.8, 4) is 0 Å². The van der Waals surface area contributed by atoms with E-state index in [1.165, 1.54) is 17.0 Å². The molecule has 6 heteroatoms. The minimum atomic E-state index is -0.306. The van der Waals surface area contributed by atoms with Crippen LogP contribution in [0.25, 0.3) is 21.3 Å². The van der Waals surface area contributed by atoms with Crippen molar-refractivity contribution in [2.45, 2.75) is 19.3 Å². The molecule has 0 atom stereocenters. The summed E-state index contributed by atoms with van der Waals surface area (Å²) < 4.78 is 12.9. The van der Waals surface area contributed by atoms with Crippen LogP contribution in [0, 0.1) is 5.82 Å². The van der Waals surface area contributed by atoms with E-state index in [1.54, 1.807) is 29.5 Å². The predicted octanol–water partition coefficient (Wildman–Crippen LogP) is 4.35. The van der Waals surface area contributed by atoms with E-state index in [2.05, 4.69) is 9.97 Å². The zero-order valence-corrected chi connectivity index (χ0v) is 13.6. The molecule has 0 unspecified atom stereocenters. The van der Waals surface area contributed by atoms with Gasteiger partial charge >= 0.3 is 0 Å². The zero-order valence-electron chi connectivity index (χ0n) is 12.0. The van der Waals surface area contributed by atoms with Crippen molar-refractivity contribution in [3.05, 3.63) is 62.3 Å². The lowest BCUT2D eigenvalue weighted by Crippen LogP contribution is -2.10. The molecule has 0 saturated carbocycles. The van der Waals surface area contributed by atoms with Gasteiger partial charge in [0.15, 0.2) is 5.82 Å². The van der Waals surface area contributed by atoms with Crippen molar-refractivity contribution < 1.29 is 4.39 Å². The number of benzene rings is 1. The quantitative estimate of drug-likeness (QED) is 0.749. The van der Waals surface area contributed by atoms with Crippen LogP contribution in [0.15, 0.2) is 29.1 Å². The zero-order chi connectivity index (χ0) is 16.0. The normalized spacial score (nSPS) is 14.4. The molecule has 4 rings (SSSR count). The van der Waals surface area contributed by atoms with Gasteiger partial charge in [-0.25, -0.2) is 9.37 Å².